The molecule has 0 heterocycles. The van der Waals surface area contributed by atoms with Crippen LogP contribution in [0.2, 0.25) is 5.02 Å². The molecule has 0 amide bonds. The van der Waals surface area contributed by atoms with Crippen molar-refractivity contribution in [3.05, 3.63) is 22.2 Å². The molecular formula is C14H20ClNO2. The van der Waals surface area contributed by atoms with E-state index in [-0.39, 0.29) is 11.2 Å². The van der Waals surface area contributed by atoms with E-state index in [1.807, 2.05) is 6.92 Å². The number of hydrogen-bond donors (Lipinski definition) is 2. The number of ether oxygens (including phenoxy) is 1. The molecule has 1 saturated carbocycles. The molecule has 1 aromatic rings. The van der Waals surface area contributed by atoms with E-state index >= 15 is 0 Å². The summed E-state index contributed by atoms with van der Waals surface area (Å²) in [5.74, 6) is 0.450. The smallest absolute Gasteiger partial charge is 0.179 e. The maximum atomic E-state index is 9.86. The van der Waals surface area contributed by atoms with Gasteiger partial charge in [-0.2, -0.15) is 0 Å². The van der Waals surface area contributed by atoms with Gasteiger partial charge >= 0.3 is 0 Å². The van der Waals surface area contributed by atoms with Crippen molar-refractivity contribution in [2.24, 2.45) is 5.73 Å². The van der Waals surface area contributed by atoms with Crippen molar-refractivity contribution in [1.82, 2.24) is 0 Å². The summed E-state index contributed by atoms with van der Waals surface area (Å²) in [5.41, 5.74) is 8.00. The summed E-state index contributed by atoms with van der Waals surface area (Å²) in [6, 6.07) is 1.72. The zero-order valence-corrected chi connectivity index (χ0v) is 11.7. The number of halogens is 1. The Hall–Kier alpha value is -0.930. The molecule has 0 unspecified atom stereocenters. The first-order valence-electron chi connectivity index (χ1n) is 6.32. The van der Waals surface area contributed by atoms with Crippen LogP contribution in [0.25, 0.3) is 0 Å². The van der Waals surface area contributed by atoms with Crippen molar-refractivity contribution in [1.29, 1.82) is 0 Å². The van der Waals surface area contributed by atoms with Crippen molar-refractivity contribution < 1.29 is 9.84 Å². The second kappa shape index (κ2) is 4.98. The highest BCUT2D eigenvalue weighted by Gasteiger charge is 2.38. The van der Waals surface area contributed by atoms with Gasteiger partial charge in [-0.3, -0.25) is 0 Å². The molecule has 100 valence electrons. The van der Waals surface area contributed by atoms with Crippen molar-refractivity contribution >= 4 is 11.6 Å². The fourth-order valence-electron chi connectivity index (χ4n) is 3.20. The number of aryl methyl sites for hydroxylation is 1. The van der Waals surface area contributed by atoms with Crippen LogP contribution >= 0.6 is 11.6 Å². The predicted octanol–water partition coefficient (Wildman–Crippen LogP) is 3.13. The second-order valence-corrected chi connectivity index (χ2v) is 5.50. The van der Waals surface area contributed by atoms with E-state index in [2.05, 4.69) is 0 Å². The van der Waals surface area contributed by atoms with Crippen LogP contribution in [0.3, 0.4) is 0 Å². The van der Waals surface area contributed by atoms with Crippen LogP contribution in [0, 0.1) is 6.92 Å². The Morgan fingerprint density at radius 1 is 1.44 bits per heavy atom. The van der Waals surface area contributed by atoms with E-state index in [0.29, 0.717) is 17.3 Å². The van der Waals surface area contributed by atoms with Gasteiger partial charge < -0.3 is 15.6 Å². The average Bonchev–Trinajstić information content (AvgIpc) is 2.78. The van der Waals surface area contributed by atoms with Gasteiger partial charge in [-0.1, -0.05) is 24.4 Å². The minimum absolute atomic E-state index is 0.0534. The lowest BCUT2D eigenvalue weighted by atomic mass is 9.76. The van der Waals surface area contributed by atoms with Crippen molar-refractivity contribution in [3.63, 3.8) is 0 Å². The average molecular weight is 270 g/mol. The van der Waals surface area contributed by atoms with Gasteiger partial charge in [0, 0.05) is 12.0 Å². The number of phenols is 1. The molecule has 18 heavy (non-hydrogen) atoms. The SMILES string of the molecule is COc1c(O)cc(C)c(C2(CN)CCCC2)c1Cl. The molecule has 1 aliphatic carbocycles. The molecule has 0 saturated heterocycles. The molecule has 0 bridgehead atoms. The molecule has 3 N–H and O–H groups in total. The van der Waals surface area contributed by atoms with Crippen LogP contribution in [0.15, 0.2) is 6.07 Å². The lowest BCUT2D eigenvalue weighted by Crippen LogP contribution is -2.33. The van der Waals surface area contributed by atoms with E-state index in [1.165, 1.54) is 20.0 Å². The van der Waals surface area contributed by atoms with Gasteiger partial charge in [0.25, 0.3) is 0 Å². The van der Waals surface area contributed by atoms with Crippen molar-refractivity contribution in [3.8, 4) is 11.5 Å². The van der Waals surface area contributed by atoms with Gasteiger partial charge in [-0.05, 0) is 37.0 Å². The predicted molar refractivity (Wildman–Crippen MR) is 73.6 cm³/mol. The lowest BCUT2D eigenvalue weighted by molar-refractivity contribution is 0.369. The number of hydrogen-bond acceptors (Lipinski definition) is 3. The third-order valence-electron chi connectivity index (χ3n) is 4.08. The van der Waals surface area contributed by atoms with Gasteiger partial charge in [0.15, 0.2) is 11.5 Å². The second-order valence-electron chi connectivity index (χ2n) is 5.13. The Bertz CT molecular complexity index is 454. The molecular weight excluding hydrogens is 250 g/mol. The standard InChI is InChI=1S/C14H20ClNO2/c1-9-7-10(17)13(18-2)12(15)11(9)14(8-16)5-3-4-6-14/h7,17H,3-6,8,16H2,1-2H3. The lowest BCUT2D eigenvalue weighted by Gasteiger charge is -2.31. The summed E-state index contributed by atoms with van der Waals surface area (Å²) in [7, 11) is 1.52. The van der Waals surface area contributed by atoms with E-state index in [9.17, 15) is 5.11 Å². The summed E-state index contributed by atoms with van der Waals surface area (Å²) >= 11 is 6.43. The number of nitrogens with two attached hydrogens (primary N) is 1. The van der Waals surface area contributed by atoms with Crippen LogP contribution in [-0.4, -0.2) is 18.8 Å². The van der Waals surface area contributed by atoms with Crippen LogP contribution in [0.1, 0.15) is 36.8 Å². The first-order valence-corrected chi connectivity index (χ1v) is 6.70. The van der Waals surface area contributed by atoms with Crippen LogP contribution in [0.5, 0.6) is 11.5 Å². The topological polar surface area (TPSA) is 55.5 Å². The molecule has 4 heteroatoms. The maximum Gasteiger partial charge on any atom is 0.179 e. The molecule has 0 atom stereocenters. The number of benzene rings is 1. The van der Waals surface area contributed by atoms with Gasteiger partial charge in [-0.15, -0.1) is 0 Å². The molecule has 0 aromatic heterocycles. The normalized spacial score (nSPS) is 18.0. The van der Waals surface area contributed by atoms with E-state index in [1.54, 1.807) is 6.07 Å². The molecule has 2 rings (SSSR count). The summed E-state index contributed by atoms with van der Waals surface area (Å²) in [6.45, 7) is 2.55. The largest absolute Gasteiger partial charge is 0.504 e. The number of rotatable bonds is 3. The zero-order chi connectivity index (χ0) is 13.3. The zero-order valence-electron chi connectivity index (χ0n) is 10.9. The monoisotopic (exact) mass is 269 g/mol. The third kappa shape index (κ3) is 1.95. The number of phenolic OH excluding ortho intramolecular Hbond substituents is 1. The van der Waals surface area contributed by atoms with Gasteiger partial charge in [0.1, 0.15) is 0 Å². The Morgan fingerprint density at radius 2 is 2.06 bits per heavy atom. The summed E-state index contributed by atoms with van der Waals surface area (Å²) in [6.07, 6.45) is 4.46. The summed E-state index contributed by atoms with van der Waals surface area (Å²) in [5, 5.41) is 10.4. The Morgan fingerprint density at radius 3 is 2.56 bits per heavy atom. The Balaban J connectivity index is 2.63. The minimum Gasteiger partial charge on any atom is -0.504 e. The first-order chi connectivity index (χ1) is 8.55. The van der Waals surface area contributed by atoms with E-state index in [4.69, 9.17) is 22.1 Å². The Labute approximate surface area is 113 Å². The van der Waals surface area contributed by atoms with E-state index in [0.717, 1.165) is 24.0 Å². The minimum atomic E-state index is -0.0534. The van der Waals surface area contributed by atoms with E-state index < -0.39 is 0 Å². The molecule has 3 nitrogen and oxygen atoms in total. The molecule has 0 aliphatic heterocycles. The van der Waals surface area contributed by atoms with Gasteiger partial charge in [-0.25, -0.2) is 0 Å². The molecule has 1 aliphatic rings. The van der Waals surface area contributed by atoms with Crippen LogP contribution < -0.4 is 10.5 Å². The maximum absolute atomic E-state index is 9.86. The molecule has 0 radical (unpaired) electrons. The fraction of sp³-hybridized carbons (Fsp3) is 0.571. The third-order valence-corrected chi connectivity index (χ3v) is 4.45. The van der Waals surface area contributed by atoms with Crippen molar-refractivity contribution in [2.75, 3.05) is 13.7 Å². The highest BCUT2D eigenvalue weighted by Crippen LogP contribution is 2.49. The van der Waals surface area contributed by atoms with Crippen molar-refractivity contribution in [2.45, 2.75) is 38.0 Å². The highest BCUT2D eigenvalue weighted by molar-refractivity contribution is 6.33. The quantitative estimate of drug-likeness (QED) is 0.886. The highest BCUT2D eigenvalue weighted by atomic mass is 35.5. The summed E-state index contributed by atoms with van der Waals surface area (Å²) < 4.78 is 5.20. The van der Waals surface area contributed by atoms with Crippen LogP contribution in [0.4, 0.5) is 0 Å². The Kier molecular flexibility index (Phi) is 3.74. The molecule has 0 spiro atoms. The molecule has 1 aromatic carbocycles. The summed E-state index contributed by atoms with van der Waals surface area (Å²) in [4.78, 5) is 0. The number of methoxy groups -OCH3 is 1. The molecule has 1 fully saturated rings. The van der Waals surface area contributed by atoms with Gasteiger partial charge in [0.05, 0.1) is 12.1 Å². The number of aromatic hydroxyl groups is 1. The van der Waals surface area contributed by atoms with Gasteiger partial charge in [0.2, 0.25) is 0 Å². The first kappa shape index (κ1) is 13.5. The fourth-order valence-corrected chi connectivity index (χ4v) is 3.72. The van der Waals surface area contributed by atoms with Crippen LogP contribution in [-0.2, 0) is 5.41 Å².